The first-order valence-corrected chi connectivity index (χ1v) is 15.8. The second-order valence-corrected chi connectivity index (χ2v) is 12.9. The minimum Gasteiger partial charge on any atom is -0.444 e. The number of amides is 3. The van der Waals surface area contributed by atoms with E-state index in [1.165, 1.54) is 0 Å². The summed E-state index contributed by atoms with van der Waals surface area (Å²) >= 11 is 1.61. The predicted molar refractivity (Wildman–Crippen MR) is 163 cm³/mol. The fourth-order valence-corrected chi connectivity index (χ4v) is 4.76. The van der Waals surface area contributed by atoms with E-state index in [9.17, 15) is 14.4 Å². The SMILES string of the molecule is CCCCNC(=O)C(c1ccc(C)c(C)c1)N(C(=O)C(CCSC)NC(=O)OC(C)(C)C)C(C)CCC(C)C. The van der Waals surface area contributed by atoms with Crippen LogP contribution in [0.1, 0.15) is 103 Å². The standard InChI is InChI=1S/C31H53N3O4S/c1-11-12-18-32-28(35)27(25-16-14-22(4)23(5)20-25)34(24(6)15-13-21(2)3)29(36)26(17-19-39-10)33-30(37)38-31(7,8)9/h14,16,20-21,24,26-27H,11-13,15,17-19H2,1-10H3,(H,32,35)(H,33,37). The molecule has 1 aromatic rings. The Labute approximate surface area is 241 Å². The highest BCUT2D eigenvalue weighted by atomic mass is 32.2. The van der Waals surface area contributed by atoms with Crippen molar-refractivity contribution in [1.29, 1.82) is 0 Å². The van der Waals surface area contributed by atoms with Crippen LogP contribution in [0.2, 0.25) is 0 Å². The van der Waals surface area contributed by atoms with E-state index >= 15 is 0 Å². The molecule has 3 atom stereocenters. The summed E-state index contributed by atoms with van der Waals surface area (Å²) in [5, 5.41) is 5.91. The highest BCUT2D eigenvalue weighted by Crippen LogP contribution is 2.29. The van der Waals surface area contributed by atoms with E-state index in [4.69, 9.17) is 4.74 Å². The first-order valence-electron chi connectivity index (χ1n) is 14.4. The van der Waals surface area contributed by atoms with E-state index < -0.39 is 23.8 Å². The van der Waals surface area contributed by atoms with Gasteiger partial charge in [-0.25, -0.2) is 4.79 Å². The molecule has 0 heterocycles. The monoisotopic (exact) mass is 563 g/mol. The van der Waals surface area contributed by atoms with Crippen LogP contribution < -0.4 is 10.6 Å². The Balaban J connectivity index is 3.61. The number of hydrogen-bond acceptors (Lipinski definition) is 5. The number of carbonyl (C=O) groups is 3. The Bertz CT molecular complexity index is 929. The Morgan fingerprint density at radius 3 is 2.23 bits per heavy atom. The summed E-state index contributed by atoms with van der Waals surface area (Å²) in [5.74, 6) is 0.671. The molecule has 1 rings (SSSR count). The van der Waals surface area contributed by atoms with Gasteiger partial charge in [0.2, 0.25) is 11.8 Å². The van der Waals surface area contributed by atoms with Gasteiger partial charge in [-0.2, -0.15) is 11.8 Å². The molecule has 0 aliphatic rings. The molecular weight excluding hydrogens is 510 g/mol. The fraction of sp³-hybridized carbons (Fsp3) is 0.710. The zero-order valence-corrected chi connectivity index (χ0v) is 26.8. The van der Waals surface area contributed by atoms with Crippen molar-refractivity contribution >= 4 is 29.7 Å². The highest BCUT2D eigenvalue weighted by Gasteiger charge is 2.38. The van der Waals surface area contributed by atoms with E-state index in [1.807, 2.05) is 45.2 Å². The van der Waals surface area contributed by atoms with Gasteiger partial charge in [-0.15, -0.1) is 0 Å². The van der Waals surface area contributed by atoms with Crippen LogP contribution in [0.3, 0.4) is 0 Å². The van der Waals surface area contributed by atoms with Crippen molar-refractivity contribution in [2.24, 2.45) is 5.92 Å². The molecule has 0 spiro atoms. The lowest BCUT2D eigenvalue weighted by atomic mass is 9.95. The Hall–Kier alpha value is -2.22. The third kappa shape index (κ3) is 12.2. The molecule has 222 valence electrons. The molecule has 8 heteroatoms. The molecule has 0 fully saturated rings. The van der Waals surface area contributed by atoms with Crippen LogP contribution in [0.25, 0.3) is 0 Å². The zero-order valence-electron chi connectivity index (χ0n) is 26.0. The summed E-state index contributed by atoms with van der Waals surface area (Å²) in [6, 6.07) is 4.11. The van der Waals surface area contributed by atoms with Gasteiger partial charge >= 0.3 is 6.09 Å². The zero-order chi connectivity index (χ0) is 29.8. The molecule has 0 aliphatic heterocycles. The number of nitrogens with zero attached hydrogens (tertiary/aromatic N) is 1. The first-order chi connectivity index (χ1) is 18.2. The van der Waals surface area contributed by atoms with Gasteiger partial charge in [0.15, 0.2) is 0 Å². The lowest BCUT2D eigenvalue weighted by Crippen LogP contribution is -2.55. The maximum atomic E-state index is 14.4. The largest absolute Gasteiger partial charge is 0.444 e. The third-order valence-corrected chi connectivity index (χ3v) is 7.34. The van der Waals surface area contributed by atoms with Crippen LogP contribution in [-0.2, 0) is 14.3 Å². The normalized spacial score (nSPS) is 13.9. The molecule has 7 nitrogen and oxygen atoms in total. The van der Waals surface area contributed by atoms with E-state index in [0.29, 0.717) is 24.6 Å². The number of rotatable bonds is 15. The molecule has 2 N–H and O–H groups in total. The maximum absolute atomic E-state index is 14.4. The van der Waals surface area contributed by atoms with Gasteiger partial charge < -0.3 is 20.3 Å². The number of nitrogens with one attached hydrogen (secondary N) is 2. The number of unbranched alkanes of at least 4 members (excludes halogenated alkanes) is 1. The second-order valence-electron chi connectivity index (χ2n) is 11.9. The summed E-state index contributed by atoms with van der Waals surface area (Å²) in [5.41, 5.74) is 2.27. The lowest BCUT2D eigenvalue weighted by Gasteiger charge is -2.39. The number of thioether (sulfide) groups is 1. The van der Waals surface area contributed by atoms with Crippen LogP contribution in [0.15, 0.2) is 18.2 Å². The molecule has 3 amide bonds. The van der Waals surface area contributed by atoms with Crippen LogP contribution >= 0.6 is 11.8 Å². The number of ether oxygens (including phenoxy) is 1. The van der Waals surface area contributed by atoms with Gasteiger partial charge in [-0.1, -0.05) is 45.4 Å². The Morgan fingerprint density at radius 1 is 1.03 bits per heavy atom. The first kappa shape index (κ1) is 34.8. The van der Waals surface area contributed by atoms with Gasteiger partial charge in [0.05, 0.1) is 0 Å². The van der Waals surface area contributed by atoms with Crippen molar-refractivity contribution in [3.05, 3.63) is 34.9 Å². The van der Waals surface area contributed by atoms with E-state index in [1.54, 1.807) is 37.4 Å². The van der Waals surface area contributed by atoms with Crippen LogP contribution in [-0.4, -0.2) is 59.0 Å². The van der Waals surface area contributed by atoms with Crippen molar-refractivity contribution in [2.75, 3.05) is 18.6 Å². The number of alkyl carbamates (subject to hydrolysis) is 1. The van der Waals surface area contributed by atoms with Crippen LogP contribution in [0.5, 0.6) is 0 Å². The van der Waals surface area contributed by atoms with E-state index in [2.05, 4.69) is 31.4 Å². The van der Waals surface area contributed by atoms with Crippen LogP contribution in [0.4, 0.5) is 4.79 Å². The molecule has 0 saturated heterocycles. The van der Waals surface area contributed by atoms with Gasteiger partial charge in [0, 0.05) is 12.6 Å². The molecule has 0 aliphatic carbocycles. The molecular formula is C31H53N3O4S. The number of carbonyl (C=O) groups excluding carboxylic acids is 3. The molecule has 0 radical (unpaired) electrons. The Kier molecular flexibility index (Phi) is 15.0. The molecule has 0 bridgehead atoms. The summed E-state index contributed by atoms with van der Waals surface area (Å²) in [6.07, 6.45) is 5.25. The van der Waals surface area contributed by atoms with Gasteiger partial charge in [-0.3, -0.25) is 9.59 Å². The summed E-state index contributed by atoms with van der Waals surface area (Å²) in [4.78, 5) is 42.7. The van der Waals surface area contributed by atoms with Gasteiger partial charge in [0.25, 0.3) is 0 Å². The Morgan fingerprint density at radius 2 is 1.69 bits per heavy atom. The van der Waals surface area contributed by atoms with Crippen molar-refractivity contribution in [3.63, 3.8) is 0 Å². The van der Waals surface area contributed by atoms with Crippen LogP contribution in [0, 0.1) is 19.8 Å². The maximum Gasteiger partial charge on any atom is 0.408 e. The minimum atomic E-state index is -0.814. The summed E-state index contributed by atoms with van der Waals surface area (Å²) < 4.78 is 5.50. The number of aryl methyl sites for hydroxylation is 2. The molecule has 0 aromatic heterocycles. The van der Waals surface area contributed by atoms with Crippen molar-refractivity contribution < 1.29 is 19.1 Å². The van der Waals surface area contributed by atoms with Gasteiger partial charge in [-0.05, 0) is 102 Å². The molecule has 0 saturated carbocycles. The fourth-order valence-electron chi connectivity index (χ4n) is 4.29. The van der Waals surface area contributed by atoms with Gasteiger partial charge in [0.1, 0.15) is 17.7 Å². The summed E-state index contributed by atoms with van der Waals surface area (Å²) in [6.45, 7) is 18.4. The third-order valence-electron chi connectivity index (χ3n) is 6.69. The average molecular weight is 564 g/mol. The number of benzene rings is 1. The molecule has 3 unspecified atom stereocenters. The quantitative estimate of drug-likeness (QED) is 0.236. The lowest BCUT2D eigenvalue weighted by molar-refractivity contribution is -0.145. The minimum absolute atomic E-state index is 0.197. The summed E-state index contributed by atoms with van der Waals surface area (Å²) in [7, 11) is 0. The van der Waals surface area contributed by atoms with Crippen molar-refractivity contribution in [1.82, 2.24) is 15.5 Å². The smallest absolute Gasteiger partial charge is 0.408 e. The van der Waals surface area contributed by atoms with Crippen molar-refractivity contribution in [2.45, 2.75) is 118 Å². The second kappa shape index (κ2) is 16.8. The van der Waals surface area contributed by atoms with Crippen molar-refractivity contribution in [3.8, 4) is 0 Å². The van der Waals surface area contributed by atoms with E-state index in [-0.39, 0.29) is 17.9 Å². The van der Waals surface area contributed by atoms with E-state index in [0.717, 1.165) is 42.4 Å². The highest BCUT2D eigenvalue weighted by molar-refractivity contribution is 7.98. The predicted octanol–water partition coefficient (Wildman–Crippen LogP) is 6.56. The average Bonchev–Trinajstić information content (AvgIpc) is 2.83. The topological polar surface area (TPSA) is 87.7 Å². The molecule has 1 aromatic carbocycles. The number of hydrogen-bond donors (Lipinski definition) is 2. The molecule has 39 heavy (non-hydrogen) atoms.